The summed E-state index contributed by atoms with van der Waals surface area (Å²) in [5.74, 6) is 0. The molecule has 0 saturated heterocycles. The maximum Gasteiger partial charge on any atom is 0.112 e. The predicted molar refractivity (Wildman–Crippen MR) is 41.9 cm³/mol. The second-order valence-electron chi connectivity index (χ2n) is 1.91. The fourth-order valence-electron chi connectivity index (χ4n) is 0.716. The quantitative estimate of drug-likeness (QED) is 0.638. The Bertz CT molecular complexity index is 210. The molecule has 0 aromatic heterocycles. The van der Waals surface area contributed by atoms with Gasteiger partial charge in [0, 0.05) is 12.1 Å². The van der Waals surface area contributed by atoms with E-state index in [1.54, 1.807) is 13.7 Å². The van der Waals surface area contributed by atoms with E-state index in [-0.39, 0.29) is 0 Å². The molecule has 2 heteroatoms. The summed E-state index contributed by atoms with van der Waals surface area (Å²) in [6.45, 7) is 1.64. The van der Waals surface area contributed by atoms with Crippen molar-refractivity contribution in [2.75, 3.05) is 7.11 Å². The minimum Gasteiger partial charge on any atom is -0.374 e. The number of benzene rings is 1. The van der Waals surface area contributed by atoms with Gasteiger partial charge in [0.2, 0.25) is 0 Å². The van der Waals surface area contributed by atoms with Crippen LogP contribution < -0.4 is 0 Å². The normalized spacial score (nSPS) is 9.80. The lowest BCUT2D eigenvalue weighted by molar-refractivity contribution is 0.292. The van der Waals surface area contributed by atoms with Gasteiger partial charge < -0.3 is 4.74 Å². The molecule has 0 fully saturated rings. The molecule has 0 heterocycles. The minimum absolute atomic E-state index is 0.728. The highest BCUT2D eigenvalue weighted by Crippen LogP contribution is 2.11. The molecule has 0 aliphatic heterocycles. The largest absolute Gasteiger partial charge is 0.374 e. The maximum atomic E-state index is 5.71. The van der Waals surface area contributed by atoms with Crippen molar-refractivity contribution in [3.63, 3.8) is 0 Å². The van der Waals surface area contributed by atoms with Crippen LogP contribution in [0.5, 0.6) is 0 Å². The van der Waals surface area contributed by atoms with Crippen molar-refractivity contribution in [3.05, 3.63) is 41.5 Å². The van der Waals surface area contributed by atoms with Gasteiger partial charge in [0.15, 0.2) is 0 Å². The van der Waals surface area contributed by atoms with Crippen LogP contribution in [0.3, 0.4) is 0 Å². The molecular formula is C8H8ClO. The number of hydrogen-bond donors (Lipinski definition) is 0. The first-order valence-corrected chi connectivity index (χ1v) is 3.32. The zero-order chi connectivity index (χ0) is 7.40. The summed E-state index contributed by atoms with van der Waals surface area (Å²) < 4.78 is 4.80. The fourth-order valence-corrected chi connectivity index (χ4v) is 0.915. The molecule has 1 radical (unpaired) electrons. The van der Waals surface area contributed by atoms with Crippen LogP contribution in [0.2, 0.25) is 5.02 Å². The van der Waals surface area contributed by atoms with E-state index in [0.717, 1.165) is 10.6 Å². The highest BCUT2D eigenvalue weighted by molar-refractivity contribution is 6.30. The van der Waals surface area contributed by atoms with Crippen LogP contribution in [0.25, 0.3) is 0 Å². The van der Waals surface area contributed by atoms with Gasteiger partial charge >= 0.3 is 0 Å². The number of ether oxygens (including phenoxy) is 1. The topological polar surface area (TPSA) is 9.23 Å². The molecule has 1 aromatic rings. The van der Waals surface area contributed by atoms with Crippen molar-refractivity contribution < 1.29 is 4.74 Å². The first kappa shape index (κ1) is 7.58. The van der Waals surface area contributed by atoms with Gasteiger partial charge in [0.1, 0.15) is 6.61 Å². The summed E-state index contributed by atoms with van der Waals surface area (Å²) in [5, 5.41) is 0.728. The van der Waals surface area contributed by atoms with Gasteiger partial charge in [-0.2, -0.15) is 0 Å². The van der Waals surface area contributed by atoms with Crippen LogP contribution in [0, 0.1) is 6.61 Å². The average molecular weight is 156 g/mol. The average Bonchev–Trinajstić information content (AvgIpc) is 1.88. The number of halogens is 1. The minimum atomic E-state index is 0.728. The molecule has 53 valence electrons. The zero-order valence-corrected chi connectivity index (χ0v) is 6.43. The number of rotatable bonds is 2. The molecule has 0 unspecified atom stereocenters. The molecular weight excluding hydrogens is 148 g/mol. The Morgan fingerprint density at radius 3 is 2.90 bits per heavy atom. The molecule has 0 aliphatic rings. The van der Waals surface area contributed by atoms with Crippen LogP contribution in [-0.4, -0.2) is 7.11 Å². The summed E-state index contributed by atoms with van der Waals surface area (Å²) in [6.07, 6.45) is 0. The highest BCUT2D eigenvalue weighted by Gasteiger charge is 1.91. The highest BCUT2D eigenvalue weighted by atomic mass is 35.5. The lowest BCUT2D eigenvalue weighted by Crippen LogP contribution is -1.82. The van der Waals surface area contributed by atoms with Gasteiger partial charge in [-0.15, -0.1) is 0 Å². The third-order valence-corrected chi connectivity index (χ3v) is 1.34. The molecule has 1 rings (SSSR count). The molecule has 0 atom stereocenters. The number of hydrogen-bond acceptors (Lipinski definition) is 1. The Morgan fingerprint density at radius 1 is 1.50 bits per heavy atom. The molecule has 10 heavy (non-hydrogen) atoms. The van der Waals surface area contributed by atoms with Crippen LogP contribution in [0.1, 0.15) is 5.56 Å². The second-order valence-corrected chi connectivity index (χ2v) is 2.34. The fraction of sp³-hybridized carbons (Fsp3) is 0.125. The summed E-state index contributed by atoms with van der Waals surface area (Å²) in [7, 11) is 1.61. The first-order chi connectivity index (χ1) is 4.83. The van der Waals surface area contributed by atoms with Crippen LogP contribution in [0.4, 0.5) is 0 Å². The molecule has 0 saturated carbocycles. The second kappa shape index (κ2) is 3.59. The molecule has 1 nitrogen and oxygen atoms in total. The summed E-state index contributed by atoms with van der Waals surface area (Å²) in [6, 6.07) is 7.47. The Hall–Kier alpha value is -0.530. The van der Waals surface area contributed by atoms with Gasteiger partial charge in [-0.25, -0.2) is 0 Å². The van der Waals surface area contributed by atoms with Gasteiger partial charge in [-0.1, -0.05) is 23.7 Å². The summed E-state index contributed by atoms with van der Waals surface area (Å²) >= 11 is 5.71. The van der Waals surface area contributed by atoms with E-state index >= 15 is 0 Å². The van der Waals surface area contributed by atoms with Gasteiger partial charge in [-0.3, -0.25) is 0 Å². The van der Waals surface area contributed by atoms with E-state index in [9.17, 15) is 0 Å². The van der Waals surface area contributed by atoms with Crippen LogP contribution >= 0.6 is 11.6 Å². The summed E-state index contributed by atoms with van der Waals surface area (Å²) in [5.41, 5.74) is 0.981. The van der Waals surface area contributed by atoms with Gasteiger partial charge in [0.25, 0.3) is 0 Å². The Labute approximate surface area is 65.6 Å². The maximum absolute atomic E-state index is 5.71. The van der Waals surface area contributed by atoms with E-state index in [1.807, 2.05) is 24.3 Å². The van der Waals surface area contributed by atoms with Crippen molar-refractivity contribution >= 4 is 11.6 Å². The molecule has 0 amide bonds. The van der Waals surface area contributed by atoms with Crippen molar-refractivity contribution in [1.29, 1.82) is 0 Å². The SMILES string of the molecule is CO[CH]c1cccc(Cl)c1. The van der Waals surface area contributed by atoms with E-state index < -0.39 is 0 Å². The lowest BCUT2D eigenvalue weighted by Gasteiger charge is -1.96. The van der Waals surface area contributed by atoms with Crippen molar-refractivity contribution in [2.24, 2.45) is 0 Å². The summed E-state index contributed by atoms with van der Waals surface area (Å²) in [4.78, 5) is 0. The molecule has 0 spiro atoms. The zero-order valence-electron chi connectivity index (χ0n) is 5.67. The Kier molecular flexibility index (Phi) is 2.72. The van der Waals surface area contributed by atoms with E-state index in [4.69, 9.17) is 16.3 Å². The van der Waals surface area contributed by atoms with E-state index in [1.165, 1.54) is 0 Å². The van der Waals surface area contributed by atoms with Gasteiger partial charge in [0.05, 0.1) is 0 Å². The third kappa shape index (κ3) is 2.01. The monoisotopic (exact) mass is 155 g/mol. The van der Waals surface area contributed by atoms with E-state index in [2.05, 4.69) is 0 Å². The number of methoxy groups -OCH3 is 1. The van der Waals surface area contributed by atoms with Crippen molar-refractivity contribution in [1.82, 2.24) is 0 Å². The molecule has 0 aliphatic carbocycles. The first-order valence-electron chi connectivity index (χ1n) is 2.94. The standard InChI is InChI=1S/C8H8ClO/c1-10-6-7-3-2-4-8(9)5-7/h2-6H,1H3. The lowest BCUT2D eigenvalue weighted by atomic mass is 10.2. The molecule has 0 N–H and O–H groups in total. The smallest absolute Gasteiger partial charge is 0.112 e. The van der Waals surface area contributed by atoms with E-state index in [0.29, 0.717) is 0 Å². The van der Waals surface area contributed by atoms with Crippen molar-refractivity contribution in [3.8, 4) is 0 Å². The van der Waals surface area contributed by atoms with Crippen LogP contribution in [0.15, 0.2) is 24.3 Å². The van der Waals surface area contributed by atoms with Crippen LogP contribution in [-0.2, 0) is 4.74 Å². The predicted octanol–water partition coefficient (Wildman–Crippen LogP) is 2.50. The Balaban J connectivity index is 2.75. The molecule has 1 aromatic carbocycles. The van der Waals surface area contributed by atoms with Gasteiger partial charge in [-0.05, 0) is 17.7 Å². The third-order valence-electron chi connectivity index (χ3n) is 1.10. The van der Waals surface area contributed by atoms with Crippen molar-refractivity contribution in [2.45, 2.75) is 0 Å². The Morgan fingerprint density at radius 2 is 2.30 bits per heavy atom. The molecule has 0 bridgehead atoms.